The van der Waals surface area contributed by atoms with Crippen molar-refractivity contribution in [3.8, 4) is 22.6 Å². The van der Waals surface area contributed by atoms with E-state index in [4.69, 9.17) is 4.74 Å². The number of carboxylic acid groups (broad SMARTS) is 1. The van der Waals surface area contributed by atoms with Gasteiger partial charge in [0, 0.05) is 18.8 Å². The molecule has 0 unspecified atom stereocenters. The zero-order valence-corrected chi connectivity index (χ0v) is 16.0. The van der Waals surface area contributed by atoms with Crippen LogP contribution in [-0.4, -0.2) is 34.2 Å². The monoisotopic (exact) mass is 430 g/mol. The normalized spacial score (nSPS) is 12.1. The average molecular weight is 430 g/mol. The first-order valence-corrected chi connectivity index (χ1v) is 9.10. The van der Waals surface area contributed by atoms with E-state index in [-0.39, 0.29) is 6.42 Å². The molecule has 6 nitrogen and oxygen atoms in total. The number of alkyl halides is 3. The number of carbonyl (C=O) groups is 2. The van der Waals surface area contributed by atoms with Crippen LogP contribution < -0.4 is 10.1 Å². The van der Waals surface area contributed by atoms with Gasteiger partial charge in [-0.25, -0.2) is 4.79 Å². The zero-order valence-electron chi connectivity index (χ0n) is 16.0. The van der Waals surface area contributed by atoms with Crippen molar-refractivity contribution in [1.29, 1.82) is 0 Å². The maximum Gasteiger partial charge on any atom is 0.471 e. The van der Waals surface area contributed by atoms with Gasteiger partial charge in [0.25, 0.3) is 0 Å². The molecule has 0 saturated carbocycles. The number of benzene rings is 2. The van der Waals surface area contributed by atoms with E-state index in [2.05, 4.69) is 4.98 Å². The minimum atomic E-state index is -5.17. The van der Waals surface area contributed by atoms with Crippen LogP contribution in [0.1, 0.15) is 5.56 Å². The van der Waals surface area contributed by atoms with Gasteiger partial charge in [0.05, 0.1) is 0 Å². The van der Waals surface area contributed by atoms with Crippen LogP contribution in [0.15, 0.2) is 73.1 Å². The highest BCUT2D eigenvalue weighted by Crippen LogP contribution is 2.27. The summed E-state index contributed by atoms with van der Waals surface area (Å²) >= 11 is 0. The molecule has 0 fully saturated rings. The maximum atomic E-state index is 12.4. The van der Waals surface area contributed by atoms with Crippen LogP contribution in [-0.2, 0) is 16.0 Å². The van der Waals surface area contributed by atoms with Crippen molar-refractivity contribution in [3.05, 3.63) is 78.6 Å². The molecule has 0 bridgehead atoms. The molecule has 3 aromatic rings. The first kappa shape index (κ1) is 21.8. The lowest BCUT2D eigenvalue weighted by atomic mass is 10.1. The van der Waals surface area contributed by atoms with E-state index in [9.17, 15) is 27.9 Å². The molecule has 0 spiro atoms. The van der Waals surface area contributed by atoms with Gasteiger partial charge in [-0.15, -0.1) is 0 Å². The van der Waals surface area contributed by atoms with Crippen LogP contribution in [0.2, 0.25) is 0 Å². The maximum absolute atomic E-state index is 12.4. The third-order valence-corrected chi connectivity index (χ3v) is 4.28. The molecule has 9 heteroatoms. The molecule has 31 heavy (non-hydrogen) atoms. The number of carboxylic acids is 1. The lowest BCUT2D eigenvalue weighted by molar-refractivity contribution is -0.175. The summed E-state index contributed by atoms with van der Waals surface area (Å²) in [5, 5.41) is 10.7. The Balaban J connectivity index is 1.74. The number of amides is 1. The highest BCUT2D eigenvalue weighted by Gasteiger charge is 2.40. The van der Waals surface area contributed by atoms with E-state index in [1.165, 1.54) is 17.4 Å². The highest BCUT2D eigenvalue weighted by molar-refractivity contribution is 5.87. The van der Waals surface area contributed by atoms with Crippen molar-refractivity contribution in [1.82, 2.24) is 10.3 Å². The molecule has 2 N–H and O–H groups in total. The Bertz CT molecular complexity index is 1070. The van der Waals surface area contributed by atoms with E-state index < -0.39 is 24.1 Å². The van der Waals surface area contributed by atoms with Gasteiger partial charge >= 0.3 is 18.1 Å². The lowest BCUT2D eigenvalue weighted by Gasteiger charge is -2.16. The molecule has 0 saturated heterocycles. The summed E-state index contributed by atoms with van der Waals surface area (Å²) in [5.74, 6) is -2.99. The van der Waals surface area contributed by atoms with E-state index in [0.29, 0.717) is 17.1 Å². The predicted octanol–water partition coefficient (Wildman–Crippen LogP) is 4.22. The summed E-state index contributed by atoms with van der Waals surface area (Å²) in [5.41, 5.74) is 2.23. The standard InChI is InChI=1S/C22H17F3N2O4/c23-22(24,25)21(30)27-19(20(28)29)12-14-3-1-5-17(11-14)31-18-6-2-4-16(13-18)15-7-9-26-10-8-15/h1-11,13,19H,12H2,(H,27,30)(H,28,29)/t19-/m0/s1. The number of aromatic nitrogens is 1. The SMILES string of the molecule is O=C(O)[C@H](Cc1cccc(Oc2cccc(-c3ccncc3)c2)c1)NC(=O)C(F)(F)F. The average Bonchev–Trinajstić information content (AvgIpc) is 2.73. The van der Waals surface area contributed by atoms with Crippen LogP contribution in [0.4, 0.5) is 13.2 Å². The van der Waals surface area contributed by atoms with Crippen LogP contribution in [0.3, 0.4) is 0 Å². The molecular weight excluding hydrogens is 413 g/mol. The van der Waals surface area contributed by atoms with E-state index in [1.807, 2.05) is 30.3 Å². The molecule has 1 atom stereocenters. The molecule has 1 aromatic heterocycles. The van der Waals surface area contributed by atoms with Gasteiger partial charge in [-0.05, 0) is 53.1 Å². The number of hydrogen-bond donors (Lipinski definition) is 2. The van der Waals surface area contributed by atoms with Crippen LogP contribution >= 0.6 is 0 Å². The van der Waals surface area contributed by atoms with E-state index >= 15 is 0 Å². The van der Waals surface area contributed by atoms with Crippen LogP contribution in [0, 0.1) is 0 Å². The molecule has 0 aliphatic heterocycles. The Morgan fingerprint density at radius 2 is 1.61 bits per heavy atom. The molecule has 0 radical (unpaired) electrons. The van der Waals surface area contributed by atoms with Crippen molar-refractivity contribution in [3.63, 3.8) is 0 Å². The van der Waals surface area contributed by atoms with Gasteiger partial charge in [0.2, 0.25) is 0 Å². The molecular formula is C22H17F3N2O4. The summed E-state index contributed by atoms with van der Waals surface area (Å²) in [6, 6.07) is 15.5. The van der Waals surface area contributed by atoms with Gasteiger partial charge in [0.1, 0.15) is 17.5 Å². The third-order valence-electron chi connectivity index (χ3n) is 4.28. The topological polar surface area (TPSA) is 88.5 Å². The summed E-state index contributed by atoms with van der Waals surface area (Å²) < 4.78 is 43.2. The number of carbonyl (C=O) groups excluding carboxylic acids is 1. The van der Waals surface area contributed by atoms with Crippen molar-refractivity contribution in [2.45, 2.75) is 18.6 Å². The van der Waals surface area contributed by atoms with Crippen LogP contribution in [0.5, 0.6) is 11.5 Å². The van der Waals surface area contributed by atoms with Crippen molar-refractivity contribution in [2.24, 2.45) is 0 Å². The number of pyridine rings is 1. The Morgan fingerprint density at radius 3 is 2.26 bits per heavy atom. The van der Waals surface area contributed by atoms with Gasteiger partial charge in [-0.3, -0.25) is 9.78 Å². The fourth-order valence-corrected chi connectivity index (χ4v) is 2.83. The van der Waals surface area contributed by atoms with Crippen molar-refractivity contribution < 1.29 is 32.6 Å². The summed E-state index contributed by atoms with van der Waals surface area (Å²) in [6.07, 6.45) is -2.17. The smallest absolute Gasteiger partial charge is 0.471 e. The predicted molar refractivity (Wildman–Crippen MR) is 106 cm³/mol. The third kappa shape index (κ3) is 6.05. The first-order chi connectivity index (χ1) is 14.7. The molecule has 1 amide bonds. The van der Waals surface area contributed by atoms with Crippen molar-refractivity contribution in [2.75, 3.05) is 0 Å². The van der Waals surface area contributed by atoms with Gasteiger partial charge in [-0.1, -0.05) is 24.3 Å². The van der Waals surface area contributed by atoms with Gasteiger partial charge < -0.3 is 15.2 Å². The number of aliphatic carboxylic acids is 1. The summed E-state index contributed by atoms with van der Waals surface area (Å²) in [6.45, 7) is 0. The first-order valence-electron chi connectivity index (χ1n) is 9.10. The highest BCUT2D eigenvalue weighted by atomic mass is 19.4. The zero-order chi connectivity index (χ0) is 22.4. The van der Waals surface area contributed by atoms with Crippen molar-refractivity contribution >= 4 is 11.9 Å². The Hall–Kier alpha value is -3.88. The number of ether oxygens (including phenoxy) is 1. The largest absolute Gasteiger partial charge is 0.480 e. The van der Waals surface area contributed by atoms with E-state index in [1.54, 1.807) is 30.6 Å². The minimum Gasteiger partial charge on any atom is -0.480 e. The molecule has 3 rings (SSSR count). The molecule has 160 valence electrons. The Labute approximate surface area is 175 Å². The fourth-order valence-electron chi connectivity index (χ4n) is 2.83. The fraction of sp³-hybridized carbons (Fsp3) is 0.136. The second kappa shape index (κ2) is 9.29. The molecule has 0 aliphatic carbocycles. The summed E-state index contributed by atoms with van der Waals surface area (Å²) in [4.78, 5) is 26.4. The van der Waals surface area contributed by atoms with Gasteiger partial charge in [0.15, 0.2) is 0 Å². The Morgan fingerprint density at radius 1 is 0.968 bits per heavy atom. The number of nitrogens with zero attached hydrogens (tertiary/aromatic N) is 1. The number of halogens is 3. The van der Waals surface area contributed by atoms with Gasteiger partial charge in [-0.2, -0.15) is 13.2 Å². The quantitative estimate of drug-likeness (QED) is 0.586. The van der Waals surface area contributed by atoms with Crippen LogP contribution in [0.25, 0.3) is 11.1 Å². The summed E-state index contributed by atoms with van der Waals surface area (Å²) in [7, 11) is 0. The lowest BCUT2D eigenvalue weighted by Crippen LogP contribution is -2.47. The molecule has 1 heterocycles. The Kier molecular flexibility index (Phi) is 6.54. The van der Waals surface area contributed by atoms with E-state index in [0.717, 1.165) is 11.1 Å². The second-order valence-corrected chi connectivity index (χ2v) is 6.58. The minimum absolute atomic E-state index is 0.342. The number of nitrogens with one attached hydrogen (secondary N) is 1. The number of hydrogen-bond acceptors (Lipinski definition) is 4. The second-order valence-electron chi connectivity index (χ2n) is 6.58. The molecule has 2 aromatic carbocycles. The number of rotatable bonds is 7. The molecule has 0 aliphatic rings.